The topological polar surface area (TPSA) is 43.8 Å². The Morgan fingerprint density at radius 3 is 2.88 bits per heavy atom. The van der Waals surface area contributed by atoms with Crippen molar-refractivity contribution in [2.24, 2.45) is 0 Å². The van der Waals surface area contributed by atoms with Gasteiger partial charge in [-0.05, 0) is 18.6 Å². The lowest BCUT2D eigenvalue weighted by Gasteiger charge is -2.04. The van der Waals surface area contributed by atoms with E-state index in [-0.39, 0.29) is 5.02 Å². The van der Waals surface area contributed by atoms with Crippen LogP contribution in [0.1, 0.15) is 13.3 Å². The molecule has 2 rings (SSSR count). The van der Waals surface area contributed by atoms with Crippen LogP contribution in [-0.2, 0) is 6.54 Å². The molecule has 0 fully saturated rings. The third-order valence-electron chi connectivity index (χ3n) is 2.54. The maximum absolute atomic E-state index is 13.3. The second-order valence-electron chi connectivity index (χ2n) is 3.80. The van der Waals surface area contributed by atoms with Crippen molar-refractivity contribution in [3.8, 4) is 11.3 Å². The smallest absolute Gasteiger partial charge is 0.142 e. The first-order valence-corrected chi connectivity index (χ1v) is 5.77. The summed E-state index contributed by atoms with van der Waals surface area (Å²) in [6.45, 7) is 2.86. The summed E-state index contributed by atoms with van der Waals surface area (Å²) in [6, 6.07) is 4.56. The number of nitrogens with zero attached hydrogens (tertiary/aromatic N) is 2. The SMILES string of the molecule is CCCn1cnc(-c2ccc(Cl)c(F)c2)c1N. The highest BCUT2D eigenvalue weighted by Crippen LogP contribution is 2.27. The van der Waals surface area contributed by atoms with Gasteiger partial charge in [-0.1, -0.05) is 24.6 Å². The first-order chi connectivity index (χ1) is 8.13. The van der Waals surface area contributed by atoms with E-state index in [1.807, 2.05) is 4.57 Å². The Kier molecular flexibility index (Phi) is 3.33. The normalized spacial score (nSPS) is 10.8. The largest absolute Gasteiger partial charge is 0.383 e. The molecule has 0 atom stereocenters. The zero-order valence-corrected chi connectivity index (χ0v) is 10.2. The van der Waals surface area contributed by atoms with Crippen molar-refractivity contribution in [3.05, 3.63) is 35.4 Å². The lowest BCUT2D eigenvalue weighted by molar-refractivity contribution is 0.628. The minimum Gasteiger partial charge on any atom is -0.383 e. The number of benzene rings is 1. The Balaban J connectivity index is 2.42. The van der Waals surface area contributed by atoms with E-state index in [1.165, 1.54) is 12.1 Å². The predicted molar refractivity (Wildman–Crippen MR) is 67.3 cm³/mol. The maximum atomic E-state index is 13.3. The molecule has 2 aromatic rings. The van der Waals surface area contributed by atoms with E-state index in [2.05, 4.69) is 11.9 Å². The molecular formula is C12H13ClFN3. The van der Waals surface area contributed by atoms with Crippen LogP contribution >= 0.6 is 11.6 Å². The Morgan fingerprint density at radius 1 is 1.47 bits per heavy atom. The van der Waals surface area contributed by atoms with Crippen LogP contribution in [0.25, 0.3) is 11.3 Å². The molecule has 1 aromatic heterocycles. The fourth-order valence-electron chi connectivity index (χ4n) is 1.68. The molecule has 0 bridgehead atoms. The molecule has 3 nitrogen and oxygen atoms in total. The number of hydrogen-bond acceptors (Lipinski definition) is 2. The highest BCUT2D eigenvalue weighted by molar-refractivity contribution is 6.30. The van der Waals surface area contributed by atoms with Gasteiger partial charge in [0.05, 0.1) is 11.3 Å². The van der Waals surface area contributed by atoms with E-state index in [1.54, 1.807) is 12.4 Å². The Hall–Kier alpha value is -1.55. The van der Waals surface area contributed by atoms with E-state index in [0.717, 1.165) is 13.0 Å². The van der Waals surface area contributed by atoms with Crippen LogP contribution in [0.5, 0.6) is 0 Å². The second kappa shape index (κ2) is 4.75. The summed E-state index contributed by atoms with van der Waals surface area (Å²) >= 11 is 5.63. The van der Waals surface area contributed by atoms with Crippen LogP contribution in [0, 0.1) is 5.82 Å². The molecule has 1 heterocycles. The first-order valence-electron chi connectivity index (χ1n) is 5.39. The van der Waals surface area contributed by atoms with Crippen molar-refractivity contribution in [2.45, 2.75) is 19.9 Å². The molecule has 17 heavy (non-hydrogen) atoms. The third-order valence-corrected chi connectivity index (χ3v) is 2.84. The summed E-state index contributed by atoms with van der Waals surface area (Å²) in [5.41, 5.74) is 7.18. The summed E-state index contributed by atoms with van der Waals surface area (Å²) in [5.74, 6) is 0.0854. The van der Waals surface area contributed by atoms with Crippen molar-refractivity contribution in [3.63, 3.8) is 0 Å². The summed E-state index contributed by atoms with van der Waals surface area (Å²) in [6.07, 6.45) is 2.63. The van der Waals surface area contributed by atoms with E-state index in [0.29, 0.717) is 17.1 Å². The number of nitrogens with two attached hydrogens (primary N) is 1. The lowest BCUT2D eigenvalue weighted by Crippen LogP contribution is -2.01. The molecule has 0 aliphatic heterocycles. The lowest BCUT2D eigenvalue weighted by atomic mass is 10.1. The van der Waals surface area contributed by atoms with Crippen molar-refractivity contribution >= 4 is 17.4 Å². The molecule has 2 N–H and O–H groups in total. The molecule has 0 spiro atoms. The molecule has 5 heteroatoms. The van der Waals surface area contributed by atoms with Crippen LogP contribution in [0.4, 0.5) is 10.2 Å². The van der Waals surface area contributed by atoms with E-state index >= 15 is 0 Å². The Labute approximate surface area is 104 Å². The zero-order valence-electron chi connectivity index (χ0n) is 9.45. The average molecular weight is 254 g/mol. The van der Waals surface area contributed by atoms with Gasteiger partial charge in [-0.15, -0.1) is 0 Å². The van der Waals surface area contributed by atoms with Crippen molar-refractivity contribution < 1.29 is 4.39 Å². The van der Waals surface area contributed by atoms with Gasteiger partial charge >= 0.3 is 0 Å². The third kappa shape index (κ3) is 2.26. The Morgan fingerprint density at radius 2 is 2.24 bits per heavy atom. The monoisotopic (exact) mass is 253 g/mol. The standard InChI is InChI=1S/C12H13ClFN3/c1-2-5-17-7-16-11(12(17)15)8-3-4-9(13)10(14)6-8/h3-4,6-7H,2,5,15H2,1H3. The fraction of sp³-hybridized carbons (Fsp3) is 0.250. The summed E-state index contributed by atoms with van der Waals surface area (Å²) in [4.78, 5) is 4.20. The van der Waals surface area contributed by atoms with Crippen LogP contribution in [0.15, 0.2) is 24.5 Å². The van der Waals surface area contributed by atoms with Gasteiger partial charge in [0.1, 0.15) is 17.3 Å². The number of imidazole rings is 1. The molecule has 0 aliphatic carbocycles. The average Bonchev–Trinajstić information content (AvgIpc) is 2.66. The van der Waals surface area contributed by atoms with Crippen LogP contribution in [-0.4, -0.2) is 9.55 Å². The van der Waals surface area contributed by atoms with E-state index in [9.17, 15) is 4.39 Å². The number of halogens is 2. The van der Waals surface area contributed by atoms with Gasteiger partial charge in [0.2, 0.25) is 0 Å². The van der Waals surface area contributed by atoms with Gasteiger partial charge < -0.3 is 10.3 Å². The number of aromatic nitrogens is 2. The molecular weight excluding hydrogens is 241 g/mol. The summed E-state index contributed by atoms with van der Waals surface area (Å²) in [5, 5.41) is 0.0975. The van der Waals surface area contributed by atoms with Gasteiger partial charge in [-0.2, -0.15) is 0 Å². The first kappa shape index (κ1) is 11.9. The van der Waals surface area contributed by atoms with Gasteiger partial charge in [0.25, 0.3) is 0 Å². The van der Waals surface area contributed by atoms with Crippen molar-refractivity contribution in [1.29, 1.82) is 0 Å². The van der Waals surface area contributed by atoms with Gasteiger partial charge in [-0.25, -0.2) is 9.37 Å². The molecule has 0 saturated carbocycles. The number of nitrogen functional groups attached to an aromatic ring is 1. The molecule has 0 aliphatic rings. The van der Waals surface area contributed by atoms with Crippen LogP contribution < -0.4 is 5.73 Å². The molecule has 0 saturated heterocycles. The zero-order chi connectivity index (χ0) is 12.4. The van der Waals surface area contributed by atoms with Gasteiger partial charge in [0, 0.05) is 12.1 Å². The van der Waals surface area contributed by atoms with Crippen molar-refractivity contribution in [2.75, 3.05) is 5.73 Å². The van der Waals surface area contributed by atoms with E-state index < -0.39 is 5.82 Å². The predicted octanol–water partition coefficient (Wildman–Crippen LogP) is 3.33. The second-order valence-corrected chi connectivity index (χ2v) is 4.21. The molecule has 0 radical (unpaired) electrons. The summed E-state index contributed by atoms with van der Waals surface area (Å²) in [7, 11) is 0. The molecule has 0 unspecified atom stereocenters. The number of hydrogen-bond donors (Lipinski definition) is 1. The van der Waals surface area contributed by atoms with Crippen molar-refractivity contribution in [1.82, 2.24) is 9.55 Å². The number of anilines is 1. The summed E-state index contributed by atoms with van der Waals surface area (Å²) < 4.78 is 15.2. The van der Waals surface area contributed by atoms with Crippen LogP contribution in [0.3, 0.4) is 0 Å². The fourth-order valence-corrected chi connectivity index (χ4v) is 1.79. The van der Waals surface area contributed by atoms with Crippen LogP contribution in [0.2, 0.25) is 5.02 Å². The highest BCUT2D eigenvalue weighted by Gasteiger charge is 2.11. The number of rotatable bonds is 3. The highest BCUT2D eigenvalue weighted by atomic mass is 35.5. The minimum absolute atomic E-state index is 0.0975. The maximum Gasteiger partial charge on any atom is 0.142 e. The van der Waals surface area contributed by atoms with E-state index in [4.69, 9.17) is 17.3 Å². The number of aryl methyl sites for hydroxylation is 1. The minimum atomic E-state index is -0.464. The molecule has 1 aromatic carbocycles. The molecule has 90 valence electrons. The van der Waals surface area contributed by atoms with Gasteiger partial charge in [-0.3, -0.25) is 0 Å². The molecule has 0 amide bonds. The quantitative estimate of drug-likeness (QED) is 0.912. The Bertz CT molecular complexity index is 537. The van der Waals surface area contributed by atoms with Gasteiger partial charge in [0.15, 0.2) is 0 Å².